The van der Waals surface area contributed by atoms with E-state index < -0.39 is 5.97 Å². The number of benzene rings is 2. The molecule has 142 valence electrons. The monoisotopic (exact) mass is 367 g/mol. The molecule has 2 aromatic carbocycles. The summed E-state index contributed by atoms with van der Waals surface area (Å²) in [5, 5.41) is 2.97. The Morgan fingerprint density at radius 2 is 1.78 bits per heavy atom. The zero-order valence-corrected chi connectivity index (χ0v) is 15.7. The van der Waals surface area contributed by atoms with Crippen molar-refractivity contribution in [1.82, 2.24) is 0 Å². The number of hydrogen-bond acceptors (Lipinski definition) is 5. The van der Waals surface area contributed by atoms with E-state index in [-0.39, 0.29) is 5.78 Å². The molecule has 0 aliphatic carbocycles. The molecule has 0 bridgehead atoms. The smallest absolute Gasteiger partial charge is 0.340 e. The maximum atomic E-state index is 12.3. The summed E-state index contributed by atoms with van der Waals surface area (Å²) in [7, 11) is 0. The zero-order valence-electron chi connectivity index (χ0n) is 15.7. The van der Waals surface area contributed by atoms with Crippen molar-refractivity contribution >= 4 is 17.4 Å². The minimum absolute atomic E-state index is 0.142. The zero-order chi connectivity index (χ0) is 19.5. The summed E-state index contributed by atoms with van der Waals surface area (Å²) in [6.07, 6.45) is 5.02. The second-order valence-corrected chi connectivity index (χ2v) is 5.83. The molecular formula is C22H25NO4. The van der Waals surface area contributed by atoms with Gasteiger partial charge in [0.1, 0.15) is 5.75 Å². The highest BCUT2D eigenvalue weighted by Gasteiger charge is 2.10. The third-order valence-corrected chi connectivity index (χ3v) is 3.80. The lowest BCUT2D eigenvalue weighted by molar-refractivity contribution is 0.0527. The van der Waals surface area contributed by atoms with E-state index in [1.165, 1.54) is 12.3 Å². The maximum absolute atomic E-state index is 12.3. The second kappa shape index (κ2) is 10.8. The van der Waals surface area contributed by atoms with Crippen molar-refractivity contribution in [3.05, 3.63) is 71.9 Å². The quantitative estimate of drug-likeness (QED) is 0.281. The van der Waals surface area contributed by atoms with Gasteiger partial charge in [-0.1, -0.05) is 25.5 Å². The van der Waals surface area contributed by atoms with Gasteiger partial charge in [0.05, 0.1) is 24.5 Å². The van der Waals surface area contributed by atoms with Crippen molar-refractivity contribution in [2.24, 2.45) is 0 Å². The van der Waals surface area contributed by atoms with Crippen LogP contribution in [-0.4, -0.2) is 25.0 Å². The van der Waals surface area contributed by atoms with E-state index in [9.17, 15) is 9.59 Å². The Hall–Kier alpha value is -3.08. The van der Waals surface area contributed by atoms with E-state index in [2.05, 4.69) is 12.2 Å². The van der Waals surface area contributed by atoms with Crippen molar-refractivity contribution in [2.45, 2.75) is 26.7 Å². The van der Waals surface area contributed by atoms with Gasteiger partial charge in [-0.05, 0) is 49.7 Å². The molecule has 0 saturated heterocycles. The van der Waals surface area contributed by atoms with Crippen LogP contribution in [0.4, 0.5) is 5.69 Å². The molecule has 0 aliphatic heterocycles. The van der Waals surface area contributed by atoms with E-state index in [1.54, 1.807) is 55.5 Å². The summed E-state index contributed by atoms with van der Waals surface area (Å²) in [5.74, 6) is 0.209. The molecule has 0 radical (unpaired) electrons. The molecule has 2 aromatic rings. The predicted octanol–water partition coefficient (Wildman–Crippen LogP) is 4.85. The van der Waals surface area contributed by atoms with Gasteiger partial charge >= 0.3 is 5.97 Å². The number of anilines is 1. The molecule has 2 rings (SSSR count). The Morgan fingerprint density at radius 3 is 2.48 bits per heavy atom. The maximum Gasteiger partial charge on any atom is 0.340 e. The highest BCUT2D eigenvalue weighted by Crippen LogP contribution is 2.17. The molecule has 0 unspecified atom stereocenters. The minimum Gasteiger partial charge on any atom is -0.494 e. The molecule has 0 fully saturated rings. The van der Waals surface area contributed by atoms with Gasteiger partial charge in [0, 0.05) is 17.8 Å². The van der Waals surface area contributed by atoms with Crippen molar-refractivity contribution in [3.8, 4) is 5.75 Å². The van der Waals surface area contributed by atoms with Crippen molar-refractivity contribution in [1.29, 1.82) is 0 Å². The van der Waals surface area contributed by atoms with Crippen molar-refractivity contribution in [3.63, 3.8) is 0 Å². The Kier molecular flexibility index (Phi) is 8.10. The van der Waals surface area contributed by atoms with Gasteiger partial charge in [0.2, 0.25) is 0 Å². The van der Waals surface area contributed by atoms with Crippen LogP contribution in [0.15, 0.2) is 60.8 Å². The van der Waals surface area contributed by atoms with Crippen molar-refractivity contribution < 1.29 is 19.1 Å². The predicted molar refractivity (Wildman–Crippen MR) is 106 cm³/mol. The lowest BCUT2D eigenvalue weighted by Crippen LogP contribution is -2.07. The molecule has 0 heterocycles. The number of allylic oxidation sites excluding steroid dienone is 1. The van der Waals surface area contributed by atoms with Crippen LogP contribution in [0.25, 0.3) is 0 Å². The molecule has 0 amide bonds. The van der Waals surface area contributed by atoms with Crippen LogP contribution >= 0.6 is 0 Å². The second-order valence-electron chi connectivity index (χ2n) is 5.83. The Labute approximate surface area is 160 Å². The molecule has 1 N–H and O–H groups in total. The van der Waals surface area contributed by atoms with E-state index in [4.69, 9.17) is 9.47 Å². The van der Waals surface area contributed by atoms with Gasteiger partial charge in [-0.3, -0.25) is 4.79 Å². The number of ether oxygens (including phenoxy) is 2. The fourth-order valence-electron chi connectivity index (χ4n) is 2.35. The number of hydrogen-bond donors (Lipinski definition) is 1. The van der Waals surface area contributed by atoms with Crippen LogP contribution in [0, 0.1) is 0 Å². The SMILES string of the molecule is CCCCOc1ccc(C(=O)C=CNc2ccccc2C(=O)OCC)cc1. The standard InChI is InChI=1S/C22H25NO4/c1-3-5-16-27-18-12-10-17(11-13-18)21(24)14-15-23-20-9-7-6-8-19(20)22(25)26-4-2/h6-15,23H,3-5,16H2,1-2H3. The third-order valence-electron chi connectivity index (χ3n) is 3.80. The van der Waals surface area contributed by atoms with Gasteiger partial charge in [-0.15, -0.1) is 0 Å². The van der Waals surface area contributed by atoms with Crippen LogP contribution in [0.3, 0.4) is 0 Å². The summed E-state index contributed by atoms with van der Waals surface area (Å²) in [6, 6.07) is 14.0. The average Bonchev–Trinajstić information content (AvgIpc) is 2.69. The third kappa shape index (κ3) is 6.29. The van der Waals surface area contributed by atoms with Crippen LogP contribution in [0.2, 0.25) is 0 Å². The molecular weight excluding hydrogens is 342 g/mol. The minimum atomic E-state index is -0.404. The average molecular weight is 367 g/mol. The number of nitrogens with one attached hydrogen (secondary N) is 1. The van der Waals surface area contributed by atoms with Crippen LogP contribution in [0.1, 0.15) is 47.4 Å². The highest BCUT2D eigenvalue weighted by molar-refractivity contribution is 6.04. The number of carbonyl (C=O) groups is 2. The Bertz CT molecular complexity index is 781. The van der Waals surface area contributed by atoms with Gasteiger partial charge < -0.3 is 14.8 Å². The Morgan fingerprint density at radius 1 is 1.04 bits per heavy atom. The summed E-state index contributed by atoms with van der Waals surface area (Å²) in [5.41, 5.74) is 1.57. The van der Waals surface area contributed by atoms with Crippen LogP contribution in [0.5, 0.6) is 5.75 Å². The molecule has 0 spiro atoms. The van der Waals surface area contributed by atoms with E-state index in [0.29, 0.717) is 30.0 Å². The lowest BCUT2D eigenvalue weighted by atomic mass is 10.1. The van der Waals surface area contributed by atoms with Gasteiger partial charge in [-0.25, -0.2) is 4.79 Å². The largest absolute Gasteiger partial charge is 0.494 e. The van der Waals surface area contributed by atoms with Gasteiger partial charge in [0.25, 0.3) is 0 Å². The molecule has 0 saturated carbocycles. The number of para-hydroxylation sites is 1. The van der Waals surface area contributed by atoms with Crippen molar-refractivity contribution in [2.75, 3.05) is 18.5 Å². The van der Waals surface area contributed by atoms with E-state index >= 15 is 0 Å². The molecule has 5 heteroatoms. The fourth-order valence-corrected chi connectivity index (χ4v) is 2.35. The lowest BCUT2D eigenvalue weighted by Gasteiger charge is -2.08. The topological polar surface area (TPSA) is 64.6 Å². The number of esters is 1. The van der Waals surface area contributed by atoms with Gasteiger partial charge in [0.15, 0.2) is 5.78 Å². The first-order valence-corrected chi connectivity index (χ1v) is 9.12. The first kappa shape index (κ1) is 20.2. The van der Waals surface area contributed by atoms with Gasteiger partial charge in [-0.2, -0.15) is 0 Å². The number of carbonyl (C=O) groups excluding carboxylic acids is 2. The van der Waals surface area contributed by atoms with Crippen LogP contribution in [-0.2, 0) is 4.74 Å². The summed E-state index contributed by atoms with van der Waals surface area (Å²) in [4.78, 5) is 24.2. The number of rotatable bonds is 10. The summed E-state index contributed by atoms with van der Waals surface area (Å²) in [6.45, 7) is 4.84. The Balaban J connectivity index is 1.96. The normalized spacial score (nSPS) is 10.6. The first-order valence-electron chi connectivity index (χ1n) is 9.12. The molecule has 0 atom stereocenters. The summed E-state index contributed by atoms with van der Waals surface area (Å²) < 4.78 is 10.6. The number of unbranched alkanes of at least 4 members (excludes halogenated alkanes) is 1. The van der Waals surface area contributed by atoms with E-state index in [1.807, 2.05) is 0 Å². The highest BCUT2D eigenvalue weighted by atomic mass is 16.5. The molecule has 27 heavy (non-hydrogen) atoms. The van der Waals surface area contributed by atoms with Crippen LogP contribution < -0.4 is 10.1 Å². The van der Waals surface area contributed by atoms with E-state index in [0.717, 1.165) is 18.6 Å². The molecule has 5 nitrogen and oxygen atoms in total. The first-order chi connectivity index (χ1) is 13.2. The molecule has 0 aromatic heterocycles. The summed E-state index contributed by atoms with van der Waals surface area (Å²) >= 11 is 0. The number of ketones is 1. The molecule has 0 aliphatic rings. The fraction of sp³-hybridized carbons (Fsp3) is 0.273.